The summed E-state index contributed by atoms with van der Waals surface area (Å²) in [5.74, 6) is 0. The van der Waals surface area contributed by atoms with Crippen molar-refractivity contribution in [3.63, 3.8) is 0 Å². The summed E-state index contributed by atoms with van der Waals surface area (Å²) >= 11 is 0. The summed E-state index contributed by atoms with van der Waals surface area (Å²) < 4.78 is 1.17. The second-order valence-electron chi connectivity index (χ2n) is 3.62. The van der Waals surface area contributed by atoms with E-state index in [1.54, 1.807) is 12.1 Å². The number of hydrogen-bond donors (Lipinski definition) is 2. The number of aromatic amines is 2. The molecular weight excluding hydrogens is 208 g/mol. The summed E-state index contributed by atoms with van der Waals surface area (Å²) in [6.45, 7) is 0. The zero-order valence-corrected chi connectivity index (χ0v) is 9.02. The third kappa shape index (κ3) is 1.77. The van der Waals surface area contributed by atoms with Crippen molar-refractivity contribution in [2.24, 2.45) is 0 Å². The molecular formula is C10H12N4O2. The molecule has 84 valence electrons. The molecule has 6 nitrogen and oxygen atoms in total. The van der Waals surface area contributed by atoms with Crippen LogP contribution in [0.2, 0.25) is 0 Å². The number of nitrogens with zero attached hydrogens (tertiary/aromatic N) is 2. The third-order valence-corrected chi connectivity index (χ3v) is 2.26. The lowest BCUT2D eigenvalue weighted by Gasteiger charge is -2.12. The number of anilines is 1. The highest BCUT2D eigenvalue weighted by Crippen LogP contribution is 2.13. The van der Waals surface area contributed by atoms with Gasteiger partial charge in [0.2, 0.25) is 0 Å². The van der Waals surface area contributed by atoms with E-state index in [-0.39, 0.29) is 0 Å². The number of aromatic nitrogens is 3. The molecule has 0 aliphatic carbocycles. The maximum absolute atomic E-state index is 11.3. The molecule has 2 N–H and O–H groups in total. The molecule has 0 aliphatic heterocycles. The Hall–Kier alpha value is -2.24. The Kier molecular flexibility index (Phi) is 2.40. The molecule has 0 amide bonds. The highest BCUT2D eigenvalue weighted by molar-refractivity contribution is 5.49. The number of hydrogen-bond acceptors (Lipinski definition) is 3. The largest absolute Gasteiger partial charge is 0.378 e. The van der Waals surface area contributed by atoms with Crippen LogP contribution in [0.25, 0.3) is 5.69 Å². The Morgan fingerprint density at radius 1 is 1.12 bits per heavy atom. The van der Waals surface area contributed by atoms with Gasteiger partial charge in [0, 0.05) is 19.8 Å². The van der Waals surface area contributed by atoms with Crippen LogP contribution >= 0.6 is 0 Å². The number of rotatable bonds is 2. The molecule has 6 heteroatoms. The van der Waals surface area contributed by atoms with Gasteiger partial charge >= 0.3 is 11.4 Å². The summed E-state index contributed by atoms with van der Waals surface area (Å²) in [4.78, 5) is 26.3. The van der Waals surface area contributed by atoms with Gasteiger partial charge in [0.15, 0.2) is 0 Å². The van der Waals surface area contributed by atoms with Crippen molar-refractivity contribution in [1.82, 2.24) is 14.8 Å². The van der Waals surface area contributed by atoms with E-state index in [1.165, 1.54) is 4.68 Å². The minimum Gasteiger partial charge on any atom is -0.378 e. The predicted octanol–water partition coefficient (Wildman–Crippen LogP) is -0.0801. The molecule has 0 aliphatic rings. The van der Waals surface area contributed by atoms with E-state index in [2.05, 4.69) is 10.1 Å². The molecule has 0 saturated heterocycles. The van der Waals surface area contributed by atoms with Crippen LogP contribution in [-0.2, 0) is 0 Å². The summed E-state index contributed by atoms with van der Waals surface area (Å²) in [6, 6.07) is 7.27. The zero-order chi connectivity index (χ0) is 11.7. The van der Waals surface area contributed by atoms with Crippen LogP contribution < -0.4 is 16.3 Å². The second kappa shape index (κ2) is 3.73. The van der Waals surface area contributed by atoms with E-state index >= 15 is 0 Å². The lowest BCUT2D eigenvalue weighted by Crippen LogP contribution is -2.16. The van der Waals surface area contributed by atoms with Crippen molar-refractivity contribution >= 4 is 5.69 Å². The fourth-order valence-corrected chi connectivity index (χ4v) is 1.41. The maximum Gasteiger partial charge on any atom is 0.349 e. The summed E-state index contributed by atoms with van der Waals surface area (Å²) in [7, 11) is 3.86. The van der Waals surface area contributed by atoms with Gasteiger partial charge in [0.25, 0.3) is 0 Å². The second-order valence-corrected chi connectivity index (χ2v) is 3.62. The maximum atomic E-state index is 11.3. The van der Waals surface area contributed by atoms with E-state index in [4.69, 9.17) is 0 Å². The summed E-state index contributed by atoms with van der Waals surface area (Å²) in [6.07, 6.45) is 0. The van der Waals surface area contributed by atoms with Gasteiger partial charge in [-0.15, -0.1) is 0 Å². The molecule has 0 saturated carbocycles. The van der Waals surface area contributed by atoms with Crippen LogP contribution in [0.15, 0.2) is 33.9 Å². The van der Waals surface area contributed by atoms with E-state index < -0.39 is 11.4 Å². The van der Waals surface area contributed by atoms with Crippen molar-refractivity contribution in [2.75, 3.05) is 19.0 Å². The molecule has 0 spiro atoms. The Morgan fingerprint density at radius 2 is 1.75 bits per heavy atom. The van der Waals surface area contributed by atoms with Crippen LogP contribution in [0.3, 0.4) is 0 Å². The molecule has 0 bridgehead atoms. The van der Waals surface area contributed by atoms with E-state index in [1.807, 2.05) is 31.1 Å². The molecule has 0 atom stereocenters. The first-order valence-electron chi connectivity index (χ1n) is 4.77. The molecule has 2 rings (SSSR count). The van der Waals surface area contributed by atoms with Crippen molar-refractivity contribution in [2.45, 2.75) is 0 Å². The fourth-order valence-electron chi connectivity index (χ4n) is 1.41. The van der Waals surface area contributed by atoms with Crippen LogP contribution in [0, 0.1) is 0 Å². The molecule has 2 aromatic rings. The first-order chi connectivity index (χ1) is 7.58. The third-order valence-electron chi connectivity index (χ3n) is 2.26. The van der Waals surface area contributed by atoms with Gasteiger partial charge in [-0.05, 0) is 24.3 Å². The highest BCUT2D eigenvalue weighted by atomic mass is 16.2. The SMILES string of the molecule is CN(C)c1ccc(-n2[nH]c(=O)[nH]c2=O)cc1. The monoisotopic (exact) mass is 220 g/mol. The van der Waals surface area contributed by atoms with Gasteiger partial charge in [0.1, 0.15) is 0 Å². The summed E-state index contributed by atoms with van der Waals surface area (Å²) in [5, 5.41) is 2.39. The van der Waals surface area contributed by atoms with Crippen LogP contribution in [-0.4, -0.2) is 28.9 Å². The molecule has 0 fully saturated rings. The van der Waals surface area contributed by atoms with Crippen molar-refractivity contribution < 1.29 is 0 Å². The van der Waals surface area contributed by atoms with Crippen LogP contribution in [0.5, 0.6) is 0 Å². The van der Waals surface area contributed by atoms with Gasteiger partial charge in [0.05, 0.1) is 5.69 Å². The molecule has 1 heterocycles. The Balaban J connectivity index is 2.46. The quantitative estimate of drug-likeness (QED) is 0.743. The van der Waals surface area contributed by atoms with Gasteiger partial charge < -0.3 is 4.90 Å². The topological polar surface area (TPSA) is 73.9 Å². The van der Waals surface area contributed by atoms with Crippen LogP contribution in [0.4, 0.5) is 5.69 Å². The molecule has 16 heavy (non-hydrogen) atoms. The number of nitrogens with one attached hydrogen (secondary N) is 2. The van der Waals surface area contributed by atoms with Gasteiger partial charge in [-0.1, -0.05) is 0 Å². The molecule has 0 unspecified atom stereocenters. The summed E-state index contributed by atoms with van der Waals surface area (Å²) in [5.41, 5.74) is 0.660. The Labute approximate surface area is 91.1 Å². The molecule has 1 aromatic carbocycles. The molecule has 1 aromatic heterocycles. The Bertz CT molecular complexity index is 588. The van der Waals surface area contributed by atoms with Crippen molar-refractivity contribution in [1.29, 1.82) is 0 Å². The van der Waals surface area contributed by atoms with Crippen molar-refractivity contribution in [3.05, 3.63) is 45.2 Å². The smallest absolute Gasteiger partial charge is 0.349 e. The Morgan fingerprint density at radius 3 is 2.19 bits per heavy atom. The first-order valence-corrected chi connectivity index (χ1v) is 4.77. The van der Waals surface area contributed by atoms with Gasteiger partial charge in [-0.3, -0.25) is 4.98 Å². The number of H-pyrrole nitrogens is 2. The first kappa shape index (κ1) is 10.3. The van der Waals surface area contributed by atoms with Gasteiger partial charge in [-0.2, -0.15) is 0 Å². The van der Waals surface area contributed by atoms with Gasteiger partial charge in [-0.25, -0.2) is 19.4 Å². The van der Waals surface area contributed by atoms with E-state index in [0.717, 1.165) is 5.69 Å². The fraction of sp³-hybridized carbons (Fsp3) is 0.200. The lowest BCUT2D eigenvalue weighted by atomic mass is 10.3. The standard InChI is InChI=1S/C10H12N4O2/c1-13(2)7-3-5-8(6-4-7)14-10(16)11-9(15)12-14/h3-6H,1-2H3,(H2,11,12,15,16). The zero-order valence-electron chi connectivity index (χ0n) is 9.02. The van der Waals surface area contributed by atoms with E-state index in [0.29, 0.717) is 5.69 Å². The normalized spacial score (nSPS) is 10.4. The lowest BCUT2D eigenvalue weighted by molar-refractivity contribution is 0.833. The minimum absolute atomic E-state index is 0.470. The molecule has 0 radical (unpaired) electrons. The minimum atomic E-state index is -0.512. The van der Waals surface area contributed by atoms with Crippen LogP contribution in [0.1, 0.15) is 0 Å². The average Bonchev–Trinajstić information content (AvgIpc) is 2.58. The average molecular weight is 220 g/mol. The van der Waals surface area contributed by atoms with E-state index in [9.17, 15) is 9.59 Å². The predicted molar refractivity (Wildman–Crippen MR) is 61.3 cm³/mol. The van der Waals surface area contributed by atoms with Crippen molar-refractivity contribution in [3.8, 4) is 5.69 Å². The number of benzene rings is 1. The highest BCUT2D eigenvalue weighted by Gasteiger charge is 2.03.